The van der Waals surface area contributed by atoms with Crippen molar-refractivity contribution >= 4 is 0 Å². The maximum absolute atomic E-state index is 5.96. The second kappa shape index (κ2) is 6.14. The SMILES string of the molecule is CCOCC(NC)C1CCOC2(CCOC2)C1. The molecule has 0 aliphatic carbocycles. The van der Waals surface area contributed by atoms with Gasteiger partial charge < -0.3 is 19.5 Å². The van der Waals surface area contributed by atoms with Crippen molar-refractivity contribution in [3.8, 4) is 0 Å². The van der Waals surface area contributed by atoms with Crippen molar-refractivity contribution < 1.29 is 14.2 Å². The van der Waals surface area contributed by atoms with Gasteiger partial charge in [-0.1, -0.05) is 0 Å². The molecule has 2 rings (SSSR count). The molecule has 2 heterocycles. The lowest BCUT2D eigenvalue weighted by Gasteiger charge is -2.40. The van der Waals surface area contributed by atoms with E-state index in [1.165, 1.54) is 0 Å². The fourth-order valence-electron chi connectivity index (χ4n) is 2.97. The van der Waals surface area contributed by atoms with Crippen LogP contribution in [-0.2, 0) is 14.2 Å². The third-order valence-electron chi connectivity index (χ3n) is 4.04. The van der Waals surface area contributed by atoms with Gasteiger partial charge in [0, 0.05) is 32.3 Å². The lowest BCUT2D eigenvalue weighted by Crippen LogP contribution is -2.48. The molecular formula is C13H25NO3. The van der Waals surface area contributed by atoms with Crippen molar-refractivity contribution in [3.05, 3.63) is 0 Å². The van der Waals surface area contributed by atoms with E-state index in [0.29, 0.717) is 12.0 Å². The van der Waals surface area contributed by atoms with E-state index in [0.717, 1.165) is 52.3 Å². The quantitative estimate of drug-likeness (QED) is 0.787. The van der Waals surface area contributed by atoms with Gasteiger partial charge in [-0.2, -0.15) is 0 Å². The normalized spacial score (nSPS) is 35.3. The predicted octanol–water partition coefficient (Wildman–Crippen LogP) is 1.20. The van der Waals surface area contributed by atoms with Crippen LogP contribution in [0.15, 0.2) is 0 Å². The van der Waals surface area contributed by atoms with Crippen molar-refractivity contribution in [2.75, 3.05) is 40.1 Å². The fraction of sp³-hybridized carbons (Fsp3) is 1.00. The lowest BCUT2D eigenvalue weighted by molar-refractivity contribution is -0.106. The number of likely N-dealkylation sites (N-methyl/N-ethyl adjacent to an activating group) is 1. The van der Waals surface area contributed by atoms with Gasteiger partial charge in [-0.15, -0.1) is 0 Å². The van der Waals surface area contributed by atoms with Crippen molar-refractivity contribution in [2.45, 2.75) is 37.8 Å². The second-order valence-corrected chi connectivity index (χ2v) is 5.14. The molecule has 4 nitrogen and oxygen atoms in total. The molecule has 2 aliphatic rings. The second-order valence-electron chi connectivity index (χ2n) is 5.14. The van der Waals surface area contributed by atoms with E-state index in [4.69, 9.17) is 14.2 Å². The average molecular weight is 243 g/mol. The molecule has 2 saturated heterocycles. The summed E-state index contributed by atoms with van der Waals surface area (Å²) in [5.74, 6) is 0.641. The van der Waals surface area contributed by atoms with Gasteiger partial charge in [-0.05, 0) is 32.7 Å². The third-order valence-corrected chi connectivity index (χ3v) is 4.04. The molecule has 3 atom stereocenters. The largest absolute Gasteiger partial charge is 0.380 e. The summed E-state index contributed by atoms with van der Waals surface area (Å²) in [6.45, 7) is 6.11. The highest BCUT2D eigenvalue weighted by Crippen LogP contribution is 2.37. The van der Waals surface area contributed by atoms with E-state index in [-0.39, 0.29) is 5.60 Å². The van der Waals surface area contributed by atoms with Gasteiger partial charge in [0.2, 0.25) is 0 Å². The monoisotopic (exact) mass is 243 g/mol. The predicted molar refractivity (Wildman–Crippen MR) is 66.2 cm³/mol. The summed E-state index contributed by atoms with van der Waals surface area (Å²) in [5, 5.41) is 3.39. The van der Waals surface area contributed by atoms with Crippen LogP contribution in [0.4, 0.5) is 0 Å². The van der Waals surface area contributed by atoms with Crippen LogP contribution in [-0.4, -0.2) is 51.7 Å². The Morgan fingerprint density at radius 1 is 1.47 bits per heavy atom. The Hall–Kier alpha value is -0.160. The average Bonchev–Trinajstić information content (AvgIpc) is 2.78. The molecule has 0 aromatic rings. The minimum absolute atomic E-state index is 0.00420. The number of nitrogens with one attached hydrogen (secondary N) is 1. The van der Waals surface area contributed by atoms with Gasteiger partial charge >= 0.3 is 0 Å². The number of hydrogen-bond donors (Lipinski definition) is 1. The zero-order valence-corrected chi connectivity index (χ0v) is 11.0. The minimum atomic E-state index is 0.00420. The van der Waals surface area contributed by atoms with Crippen LogP contribution < -0.4 is 5.32 Å². The molecule has 2 fully saturated rings. The lowest BCUT2D eigenvalue weighted by atomic mass is 9.81. The highest BCUT2D eigenvalue weighted by atomic mass is 16.6. The number of hydrogen-bond acceptors (Lipinski definition) is 4. The maximum Gasteiger partial charge on any atom is 0.0939 e. The van der Waals surface area contributed by atoms with Crippen LogP contribution in [0.5, 0.6) is 0 Å². The van der Waals surface area contributed by atoms with E-state index >= 15 is 0 Å². The van der Waals surface area contributed by atoms with E-state index in [1.807, 2.05) is 14.0 Å². The Kier molecular flexibility index (Phi) is 4.79. The first-order valence-electron chi connectivity index (χ1n) is 6.76. The first-order valence-corrected chi connectivity index (χ1v) is 6.76. The molecule has 0 aromatic carbocycles. The Morgan fingerprint density at radius 3 is 3.00 bits per heavy atom. The zero-order valence-electron chi connectivity index (χ0n) is 11.0. The highest BCUT2D eigenvalue weighted by Gasteiger charge is 2.42. The van der Waals surface area contributed by atoms with Crippen molar-refractivity contribution in [2.24, 2.45) is 5.92 Å². The summed E-state index contributed by atoms with van der Waals surface area (Å²) in [7, 11) is 2.02. The molecule has 1 N–H and O–H groups in total. The Labute approximate surface area is 104 Å². The van der Waals surface area contributed by atoms with E-state index in [9.17, 15) is 0 Å². The molecule has 4 heteroatoms. The molecule has 17 heavy (non-hydrogen) atoms. The maximum atomic E-state index is 5.96. The Bertz CT molecular complexity index is 229. The first kappa shape index (κ1) is 13.3. The number of rotatable bonds is 5. The van der Waals surface area contributed by atoms with Crippen molar-refractivity contribution in [1.29, 1.82) is 0 Å². The summed E-state index contributed by atoms with van der Waals surface area (Å²) in [6, 6.07) is 0.441. The van der Waals surface area contributed by atoms with Gasteiger partial charge in [-0.3, -0.25) is 0 Å². The molecule has 0 radical (unpaired) electrons. The molecular weight excluding hydrogens is 218 g/mol. The summed E-state index contributed by atoms with van der Waals surface area (Å²) in [5.41, 5.74) is 0.00420. The molecule has 3 unspecified atom stereocenters. The van der Waals surface area contributed by atoms with Crippen LogP contribution in [0.2, 0.25) is 0 Å². The molecule has 0 aromatic heterocycles. The van der Waals surface area contributed by atoms with Gasteiger partial charge in [0.25, 0.3) is 0 Å². The smallest absolute Gasteiger partial charge is 0.0939 e. The van der Waals surface area contributed by atoms with E-state index < -0.39 is 0 Å². The summed E-state index contributed by atoms with van der Waals surface area (Å²) in [6.07, 6.45) is 3.28. The van der Waals surface area contributed by atoms with E-state index in [1.54, 1.807) is 0 Å². The standard InChI is InChI=1S/C13H25NO3/c1-3-15-9-12(14-2)11-4-6-17-13(8-11)5-7-16-10-13/h11-12,14H,3-10H2,1-2H3. The van der Waals surface area contributed by atoms with Crippen LogP contribution in [0.3, 0.4) is 0 Å². The van der Waals surface area contributed by atoms with E-state index in [2.05, 4.69) is 5.32 Å². The zero-order chi connectivity index (χ0) is 12.1. The summed E-state index contributed by atoms with van der Waals surface area (Å²) in [4.78, 5) is 0. The molecule has 0 amide bonds. The first-order chi connectivity index (χ1) is 8.29. The minimum Gasteiger partial charge on any atom is -0.380 e. The van der Waals surface area contributed by atoms with Crippen LogP contribution in [0, 0.1) is 5.92 Å². The third kappa shape index (κ3) is 3.19. The van der Waals surface area contributed by atoms with Crippen molar-refractivity contribution in [3.63, 3.8) is 0 Å². The highest BCUT2D eigenvalue weighted by molar-refractivity contribution is 4.93. The summed E-state index contributed by atoms with van der Waals surface area (Å²) >= 11 is 0. The summed E-state index contributed by atoms with van der Waals surface area (Å²) < 4.78 is 17.0. The van der Waals surface area contributed by atoms with Crippen LogP contribution in [0.25, 0.3) is 0 Å². The molecule has 0 saturated carbocycles. The Balaban J connectivity index is 1.90. The molecule has 0 bridgehead atoms. The fourth-order valence-corrected chi connectivity index (χ4v) is 2.97. The number of ether oxygens (including phenoxy) is 3. The van der Waals surface area contributed by atoms with Crippen LogP contribution in [0.1, 0.15) is 26.2 Å². The van der Waals surface area contributed by atoms with Gasteiger partial charge in [-0.25, -0.2) is 0 Å². The van der Waals surface area contributed by atoms with Gasteiger partial charge in [0.1, 0.15) is 0 Å². The Morgan fingerprint density at radius 2 is 2.35 bits per heavy atom. The molecule has 100 valence electrons. The van der Waals surface area contributed by atoms with Gasteiger partial charge in [0.05, 0.1) is 18.8 Å². The molecule has 1 spiro atoms. The van der Waals surface area contributed by atoms with Crippen LogP contribution >= 0.6 is 0 Å². The molecule has 2 aliphatic heterocycles. The topological polar surface area (TPSA) is 39.7 Å². The van der Waals surface area contributed by atoms with Gasteiger partial charge in [0.15, 0.2) is 0 Å². The van der Waals surface area contributed by atoms with Crippen molar-refractivity contribution in [1.82, 2.24) is 5.32 Å².